The maximum absolute atomic E-state index is 11.7. The molecule has 0 fully saturated rings. The summed E-state index contributed by atoms with van der Waals surface area (Å²) in [4.78, 5) is 22.6. The van der Waals surface area contributed by atoms with Gasteiger partial charge in [0.2, 0.25) is 5.91 Å². The fourth-order valence-corrected chi connectivity index (χ4v) is 2.39. The molecule has 1 aromatic heterocycles. The lowest BCUT2D eigenvalue weighted by Gasteiger charge is -2.07. The van der Waals surface area contributed by atoms with Crippen molar-refractivity contribution >= 4 is 40.5 Å². The molecule has 2 aromatic rings. The number of aromatic carboxylic acids is 1. The number of ether oxygens (including phenoxy) is 1. The molecule has 0 aliphatic heterocycles. The van der Waals surface area contributed by atoms with Crippen LogP contribution in [0, 0.1) is 0 Å². The van der Waals surface area contributed by atoms with Crippen molar-refractivity contribution in [2.24, 2.45) is 0 Å². The Morgan fingerprint density at radius 1 is 1.33 bits per heavy atom. The van der Waals surface area contributed by atoms with Gasteiger partial charge >= 0.3 is 5.97 Å². The van der Waals surface area contributed by atoms with E-state index in [2.05, 4.69) is 5.32 Å². The van der Waals surface area contributed by atoms with E-state index in [1.54, 1.807) is 29.6 Å². The number of rotatable bonds is 6. The normalized spacial score (nSPS) is 10.1. The monoisotopic (exact) mass is 325 g/mol. The second kappa shape index (κ2) is 7.10. The van der Waals surface area contributed by atoms with E-state index < -0.39 is 5.97 Å². The summed E-state index contributed by atoms with van der Waals surface area (Å²) >= 11 is 7.01. The van der Waals surface area contributed by atoms with E-state index in [0.717, 1.165) is 11.3 Å². The Balaban J connectivity index is 1.79. The van der Waals surface area contributed by atoms with Gasteiger partial charge in [0, 0.05) is 11.4 Å². The molecular weight excluding hydrogens is 314 g/mol. The third-order valence-corrected chi connectivity index (χ3v) is 3.76. The predicted molar refractivity (Wildman–Crippen MR) is 81.5 cm³/mol. The second-order valence-corrected chi connectivity index (χ2v) is 5.40. The minimum Gasteiger partial charge on any atom is -0.492 e. The number of carboxylic acid groups (broad SMARTS) is 1. The summed E-state index contributed by atoms with van der Waals surface area (Å²) in [5.74, 6) is -0.772. The van der Waals surface area contributed by atoms with Crippen molar-refractivity contribution in [3.8, 4) is 5.75 Å². The highest BCUT2D eigenvalue weighted by Crippen LogP contribution is 2.22. The number of benzene rings is 1. The molecule has 0 aliphatic carbocycles. The van der Waals surface area contributed by atoms with E-state index in [4.69, 9.17) is 21.4 Å². The third-order valence-electron chi connectivity index (χ3n) is 2.53. The summed E-state index contributed by atoms with van der Waals surface area (Å²) in [7, 11) is 0. The Morgan fingerprint density at radius 3 is 2.76 bits per heavy atom. The fourth-order valence-electron chi connectivity index (χ4n) is 1.54. The lowest BCUT2D eigenvalue weighted by Crippen LogP contribution is -2.15. The van der Waals surface area contributed by atoms with Gasteiger partial charge in [0.1, 0.15) is 10.6 Å². The molecule has 0 saturated heterocycles. The Labute approximate surface area is 130 Å². The van der Waals surface area contributed by atoms with E-state index in [1.165, 1.54) is 6.07 Å². The minimum absolute atomic E-state index is 0.142. The van der Waals surface area contributed by atoms with Crippen molar-refractivity contribution in [2.75, 3.05) is 11.9 Å². The number of hydrogen-bond acceptors (Lipinski definition) is 4. The lowest BCUT2D eigenvalue weighted by atomic mass is 10.3. The predicted octanol–water partition coefficient (Wildman–Crippen LogP) is 3.51. The van der Waals surface area contributed by atoms with Crippen LogP contribution in [0.1, 0.15) is 16.1 Å². The molecule has 1 amide bonds. The summed E-state index contributed by atoms with van der Waals surface area (Å²) in [6.45, 7) is 0.159. The fraction of sp³-hybridized carbons (Fsp3) is 0.143. The highest BCUT2D eigenvalue weighted by atomic mass is 35.5. The molecule has 1 heterocycles. The number of carbonyl (C=O) groups excluding carboxylic acids is 1. The first-order valence-corrected chi connectivity index (χ1v) is 7.31. The highest BCUT2D eigenvalue weighted by molar-refractivity contribution is 7.12. The minimum atomic E-state index is -0.994. The highest BCUT2D eigenvalue weighted by Gasteiger charge is 2.09. The van der Waals surface area contributed by atoms with Gasteiger partial charge < -0.3 is 15.2 Å². The first kappa shape index (κ1) is 15.3. The van der Waals surface area contributed by atoms with Gasteiger partial charge in [0.25, 0.3) is 0 Å². The SMILES string of the molecule is O=C(CCOc1csc(C(=O)O)c1)Nc1ccccc1Cl. The molecule has 1 aromatic carbocycles. The van der Waals surface area contributed by atoms with Crippen LogP contribution in [0.25, 0.3) is 0 Å². The summed E-state index contributed by atoms with van der Waals surface area (Å²) in [5.41, 5.74) is 0.549. The van der Waals surface area contributed by atoms with E-state index in [9.17, 15) is 9.59 Å². The van der Waals surface area contributed by atoms with Crippen molar-refractivity contribution in [2.45, 2.75) is 6.42 Å². The molecule has 5 nitrogen and oxygen atoms in total. The molecule has 0 radical (unpaired) electrons. The zero-order valence-electron chi connectivity index (χ0n) is 10.8. The molecular formula is C14H12ClNO4S. The van der Waals surface area contributed by atoms with Crippen LogP contribution in [0.2, 0.25) is 5.02 Å². The average Bonchev–Trinajstić information content (AvgIpc) is 2.90. The van der Waals surface area contributed by atoms with Crippen LogP contribution in [0.3, 0.4) is 0 Å². The third kappa shape index (κ3) is 4.47. The van der Waals surface area contributed by atoms with Gasteiger partial charge in [-0.3, -0.25) is 4.79 Å². The van der Waals surface area contributed by atoms with Crippen LogP contribution < -0.4 is 10.1 Å². The molecule has 0 atom stereocenters. The van der Waals surface area contributed by atoms with Crippen LogP contribution in [-0.2, 0) is 4.79 Å². The summed E-state index contributed by atoms with van der Waals surface area (Å²) in [6, 6.07) is 8.37. The molecule has 0 aliphatic rings. The molecule has 0 bridgehead atoms. The smallest absolute Gasteiger partial charge is 0.346 e. The number of amides is 1. The van der Waals surface area contributed by atoms with Gasteiger partial charge in [0.05, 0.1) is 23.7 Å². The molecule has 110 valence electrons. The van der Waals surface area contributed by atoms with Crippen molar-refractivity contribution in [1.82, 2.24) is 0 Å². The zero-order valence-corrected chi connectivity index (χ0v) is 12.4. The van der Waals surface area contributed by atoms with Gasteiger partial charge in [-0.05, 0) is 12.1 Å². The van der Waals surface area contributed by atoms with E-state index in [1.807, 2.05) is 0 Å². The molecule has 7 heteroatoms. The number of anilines is 1. The lowest BCUT2D eigenvalue weighted by molar-refractivity contribution is -0.116. The van der Waals surface area contributed by atoms with Crippen LogP contribution in [0.4, 0.5) is 5.69 Å². The summed E-state index contributed by atoms with van der Waals surface area (Å²) in [5, 5.41) is 13.5. The summed E-state index contributed by atoms with van der Waals surface area (Å²) in [6.07, 6.45) is 0.142. The molecule has 21 heavy (non-hydrogen) atoms. The second-order valence-electron chi connectivity index (χ2n) is 4.08. The number of hydrogen-bond donors (Lipinski definition) is 2. The van der Waals surface area contributed by atoms with Crippen molar-refractivity contribution in [3.05, 3.63) is 45.6 Å². The van der Waals surface area contributed by atoms with Crippen LogP contribution >= 0.6 is 22.9 Å². The number of carboxylic acids is 1. The van der Waals surface area contributed by atoms with Crippen LogP contribution in [-0.4, -0.2) is 23.6 Å². The molecule has 0 saturated carbocycles. The molecule has 0 unspecified atom stereocenters. The van der Waals surface area contributed by atoms with Crippen molar-refractivity contribution in [3.63, 3.8) is 0 Å². The maximum Gasteiger partial charge on any atom is 0.346 e. The molecule has 2 rings (SSSR count). The molecule has 2 N–H and O–H groups in total. The average molecular weight is 326 g/mol. The number of para-hydroxylation sites is 1. The van der Waals surface area contributed by atoms with Crippen LogP contribution in [0.5, 0.6) is 5.75 Å². The largest absolute Gasteiger partial charge is 0.492 e. The maximum atomic E-state index is 11.7. The van der Waals surface area contributed by atoms with Gasteiger partial charge in [-0.2, -0.15) is 0 Å². The first-order valence-electron chi connectivity index (χ1n) is 6.05. The Hall–Kier alpha value is -2.05. The van der Waals surface area contributed by atoms with E-state index in [0.29, 0.717) is 16.5 Å². The van der Waals surface area contributed by atoms with Crippen molar-refractivity contribution in [1.29, 1.82) is 0 Å². The van der Waals surface area contributed by atoms with Gasteiger partial charge in [0.15, 0.2) is 0 Å². The zero-order chi connectivity index (χ0) is 15.2. The number of thiophene rings is 1. The first-order chi connectivity index (χ1) is 10.1. The number of nitrogens with one attached hydrogen (secondary N) is 1. The van der Waals surface area contributed by atoms with Gasteiger partial charge in [-0.25, -0.2) is 4.79 Å². The molecule has 0 spiro atoms. The van der Waals surface area contributed by atoms with Crippen molar-refractivity contribution < 1.29 is 19.4 Å². The van der Waals surface area contributed by atoms with Gasteiger partial charge in [-0.15, -0.1) is 11.3 Å². The van der Waals surface area contributed by atoms with Crippen LogP contribution in [0.15, 0.2) is 35.7 Å². The van der Waals surface area contributed by atoms with Gasteiger partial charge in [-0.1, -0.05) is 23.7 Å². The van der Waals surface area contributed by atoms with E-state index >= 15 is 0 Å². The summed E-state index contributed by atoms with van der Waals surface area (Å²) < 4.78 is 5.33. The number of carbonyl (C=O) groups is 2. The quantitative estimate of drug-likeness (QED) is 0.852. The Kier molecular flexibility index (Phi) is 5.19. The topological polar surface area (TPSA) is 75.6 Å². The number of halogens is 1. The standard InChI is InChI=1S/C14H12ClNO4S/c15-10-3-1-2-4-11(10)16-13(17)5-6-20-9-7-12(14(18)19)21-8-9/h1-4,7-8H,5-6H2,(H,16,17)(H,18,19). The Morgan fingerprint density at radius 2 is 2.10 bits per heavy atom. The van der Waals surface area contributed by atoms with E-state index in [-0.39, 0.29) is 23.8 Å². The Bertz CT molecular complexity index is 656.